The fourth-order valence-electron chi connectivity index (χ4n) is 4.93. The van der Waals surface area contributed by atoms with Crippen molar-refractivity contribution in [3.8, 4) is 0 Å². The number of carbonyl (C=O) groups is 1. The van der Waals surface area contributed by atoms with Gasteiger partial charge in [0, 0.05) is 31.2 Å². The van der Waals surface area contributed by atoms with Gasteiger partial charge >= 0.3 is 6.18 Å². The molecule has 1 unspecified atom stereocenters. The van der Waals surface area contributed by atoms with Gasteiger partial charge in [0.1, 0.15) is 5.82 Å². The quantitative estimate of drug-likeness (QED) is 0.550. The molecule has 3 fully saturated rings. The molecule has 1 aromatic rings. The van der Waals surface area contributed by atoms with Crippen LogP contribution < -0.4 is 5.32 Å². The van der Waals surface area contributed by atoms with E-state index in [0.717, 1.165) is 57.7 Å². The number of halogens is 4. The Balaban J connectivity index is 1.24. The van der Waals surface area contributed by atoms with E-state index in [9.17, 15) is 30.8 Å². The zero-order valence-electron chi connectivity index (χ0n) is 19.0. The van der Waals surface area contributed by atoms with Crippen molar-refractivity contribution in [2.75, 3.05) is 38.5 Å². The third kappa shape index (κ3) is 6.48. The van der Waals surface area contributed by atoms with Gasteiger partial charge in [-0.2, -0.15) is 17.5 Å². The highest BCUT2D eigenvalue weighted by molar-refractivity contribution is 7.89. The summed E-state index contributed by atoms with van der Waals surface area (Å²) in [6, 6.07) is 1.84. The molecule has 0 radical (unpaired) electrons. The molecule has 1 amide bonds. The number of likely N-dealkylation sites (tertiary alicyclic amines) is 1. The van der Waals surface area contributed by atoms with E-state index in [1.54, 1.807) is 4.31 Å². The van der Waals surface area contributed by atoms with Gasteiger partial charge in [-0.15, -0.1) is 0 Å². The molecule has 11 heteroatoms. The van der Waals surface area contributed by atoms with Crippen LogP contribution in [0.4, 0.5) is 17.6 Å². The second-order valence-corrected chi connectivity index (χ2v) is 11.8. The predicted octanol–water partition coefficient (Wildman–Crippen LogP) is 3.49. The third-order valence-electron chi connectivity index (χ3n) is 7.04. The standard InChI is InChI=1S/C23H31F4N3O3S/c24-20-11-18(10-19(12-20)23(25,26)27)22(31)28-13-16-5-8-29(9-6-16)14-21-2-1-7-30(21)34(32,33)15-17-3-4-17/h10-12,16-17,21H,1-9,13-15H2,(H,28,31). The number of sulfonamides is 1. The molecule has 1 saturated carbocycles. The molecule has 6 nitrogen and oxygen atoms in total. The van der Waals surface area contributed by atoms with Gasteiger partial charge < -0.3 is 10.2 Å². The van der Waals surface area contributed by atoms with Crippen molar-refractivity contribution in [2.45, 2.75) is 50.7 Å². The second kappa shape index (κ2) is 10.1. The summed E-state index contributed by atoms with van der Waals surface area (Å²) in [6.07, 6.45) is 0.614. The van der Waals surface area contributed by atoms with E-state index in [1.165, 1.54) is 0 Å². The van der Waals surface area contributed by atoms with Crippen molar-refractivity contribution < 1.29 is 30.8 Å². The van der Waals surface area contributed by atoms with Gasteiger partial charge in [-0.25, -0.2) is 12.8 Å². The highest BCUT2D eigenvalue weighted by atomic mass is 32.2. The Bertz CT molecular complexity index is 990. The van der Waals surface area contributed by atoms with Crippen molar-refractivity contribution >= 4 is 15.9 Å². The van der Waals surface area contributed by atoms with Crippen molar-refractivity contribution in [2.24, 2.45) is 11.8 Å². The molecule has 2 saturated heterocycles. The maximum Gasteiger partial charge on any atom is 0.416 e. The minimum Gasteiger partial charge on any atom is -0.352 e. The highest BCUT2D eigenvalue weighted by Gasteiger charge is 2.39. The van der Waals surface area contributed by atoms with Crippen molar-refractivity contribution in [1.82, 2.24) is 14.5 Å². The van der Waals surface area contributed by atoms with Crippen LogP contribution in [0.1, 0.15) is 54.4 Å². The molecule has 190 valence electrons. The molecule has 2 heterocycles. The molecule has 1 N–H and O–H groups in total. The van der Waals surface area contributed by atoms with E-state index in [1.807, 2.05) is 0 Å². The molecule has 1 atom stereocenters. The average Bonchev–Trinajstić information content (AvgIpc) is 3.44. The van der Waals surface area contributed by atoms with E-state index in [-0.39, 0.29) is 23.3 Å². The number of rotatable bonds is 8. The van der Waals surface area contributed by atoms with Crippen molar-refractivity contribution in [1.29, 1.82) is 0 Å². The first kappa shape index (κ1) is 25.4. The molecule has 0 aromatic heterocycles. The van der Waals surface area contributed by atoms with Gasteiger partial charge in [0.25, 0.3) is 5.91 Å². The SMILES string of the molecule is O=C(NCC1CCN(CC2CCCN2S(=O)(=O)CC2CC2)CC1)c1cc(F)cc(C(F)(F)F)c1. The Morgan fingerprint density at radius 1 is 1.00 bits per heavy atom. The van der Waals surface area contributed by atoms with Gasteiger partial charge in [0.05, 0.1) is 11.3 Å². The lowest BCUT2D eigenvalue weighted by atomic mass is 9.96. The molecule has 1 aliphatic carbocycles. The summed E-state index contributed by atoms with van der Waals surface area (Å²) in [5.41, 5.74) is -1.54. The average molecular weight is 506 g/mol. The molecule has 0 bridgehead atoms. The lowest BCUT2D eigenvalue weighted by molar-refractivity contribution is -0.137. The van der Waals surface area contributed by atoms with Gasteiger partial charge in [-0.3, -0.25) is 4.79 Å². The number of nitrogens with zero attached hydrogens (tertiary/aromatic N) is 2. The second-order valence-electron chi connectivity index (χ2n) is 9.81. The predicted molar refractivity (Wildman–Crippen MR) is 119 cm³/mol. The van der Waals surface area contributed by atoms with E-state index >= 15 is 0 Å². The first-order chi connectivity index (χ1) is 16.0. The summed E-state index contributed by atoms with van der Waals surface area (Å²) in [5.74, 6) is -1.08. The summed E-state index contributed by atoms with van der Waals surface area (Å²) in [5, 5.41) is 2.63. The molecule has 0 spiro atoms. The first-order valence-corrected chi connectivity index (χ1v) is 13.5. The van der Waals surface area contributed by atoms with Crippen LogP contribution in [-0.4, -0.2) is 68.0 Å². The number of benzene rings is 1. The highest BCUT2D eigenvalue weighted by Crippen LogP contribution is 2.33. The Morgan fingerprint density at radius 2 is 1.71 bits per heavy atom. The molecule has 3 aliphatic rings. The number of alkyl halides is 3. The monoisotopic (exact) mass is 505 g/mol. The van der Waals surface area contributed by atoms with Crippen molar-refractivity contribution in [3.05, 3.63) is 35.1 Å². The first-order valence-electron chi connectivity index (χ1n) is 11.9. The fraction of sp³-hybridized carbons (Fsp3) is 0.696. The smallest absolute Gasteiger partial charge is 0.352 e. The summed E-state index contributed by atoms with van der Waals surface area (Å²) in [7, 11) is -3.21. The molecule has 2 aliphatic heterocycles. The maximum absolute atomic E-state index is 13.6. The summed E-state index contributed by atoms with van der Waals surface area (Å²) < 4.78 is 79.4. The van der Waals surface area contributed by atoms with E-state index < -0.39 is 33.5 Å². The van der Waals surface area contributed by atoms with Crippen LogP contribution in [0, 0.1) is 17.7 Å². The van der Waals surface area contributed by atoms with Crippen LogP contribution in [0.15, 0.2) is 18.2 Å². The third-order valence-corrected chi connectivity index (χ3v) is 9.13. The number of hydrogen-bond donors (Lipinski definition) is 1. The number of amides is 1. The lowest BCUT2D eigenvalue weighted by Crippen LogP contribution is -2.47. The van der Waals surface area contributed by atoms with Crippen LogP contribution in [0.2, 0.25) is 0 Å². The molecular weight excluding hydrogens is 474 g/mol. The van der Waals surface area contributed by atoms with E-state index in [0.29, 0.717) is 37.7 Å². The largest absolute Gasteiger partial charge is 0.416 e. The van der Waals surface area contributed by atoms with Crippen LogP contribution in [0.3, 0.4) is 0 Å². The topological polar surface area (TPSA) is 69.7 Å². The van der Waals surface area contributed by atoms with E-state index in [4.69, 9.17) is 0 Å². The molecular formula is C23H31F4N3O3S. The Labute approximate surface area is 197 Å². The zero-order valence-corrected chi connectivity index (χ0v) is 19.8. The van der Waals surface area contributed by atoms with Crippen LogP contribution in [0.5, 0.6) is 0 Å². The normalized spacial score (nSPS) is 23.4. The number of carbonyl (C=O) groups excluding carboxylic acids is 1. The molecule has 1 aromatic carbocycles. The van der Waals surface area contributed by atoms with Gasteiger partial charge in [0.2, 0.25) is 10.0 Å². The zero-order chi connectivity index (χ0) is 24.5. The van der Waals surface area contributed by atoms with Gasteiger partial charge in [-0.1, -0.05) is 0 Å². The van der Waals surface area contributed by atoms with E-state index in [2.05, 4.69) is 10.2 Å². The van der Waals surface area contributed by atoms with Crippen LogP contribution >= 0.6 is 0 Å². The van der Waals surface area contributed by atoms with Gasteiger partial charge in [-0.05, 0) is 81.6 Å². The lowest BCUT2D eigenvalue weighted by Gasteiger charge is -2.35. The minimum atomic E-state index is -4.73. The van der Waals surface area contributed by atoms with Crippen molar-refractivity contribution in [3.63, 3.8) is 0 Å². The Kier molecular flexibility index (Phi) is 7.54. The number of piperidine rings is 1. The summed E-state index contributed by atoms with van der Waals surface area (Å²) >= 11 is 0. The summed E-state index contributed by atoms with van der Waals surface area (Å²) in [6.45, 7) is 3.14. The minimum absolute atomic E-state index is 0.0100. The maximum atomic E-state index is 13.6. The molecule has 4 rings (SSSR count). The Morgan fingerprint density at radius 3 is 2.35 bits per heavy atom. The fourth-order valence-corrected chi connectivity index (χ4v) is 7.08. The number of hydrogen-bond acceptors (Lipinski definition) is 4. The molecule has 34 heavy (non-hydrogen) atoms. The summed E-state index contributed by atoms with van der Waals surface area (Å²) in [4.78, 5) is 14.6. The Hall–Kier alpha value is -1.72. The van der Waals surface area contributed by atoms with Crippen LogP contribution in [-0.2, 0) is 16.2 Å². The van der Waals surface area contributed by atoms with Gasteiger partial charge in [0.15, 0.2) is 0 Å². The number of nitrogens with one attached hydrogen (secondary N) is 1. The van der Waals surface area contributed by atoms with Crippen LogP contribution in [0.25, 0.3) is 0 Å².